The third kappa shape index (κ3) is 2.96. The van der Waals surface area contributed by atoms with E-state index in [-0.39, 0.29) is 11.7 Å². The van der Waals surface area contributed by atoms with Gasteiger partial charge in [-0.3, -0.25) is 9.59 Å². The SMILES string of the molecule is CC(=O)c1c[nH]c(C(=O)NC2CCCCC2)c1. The molecule has 1 aliphatic rings. The van der Waals surface area contributed by atoms with Crippen LogP contribution in [0.5, 0.6) is 0 Å². The standard InChI is InChI=1S/C13H18N2O2/c1-9(16)10-7-12(14-8-10)13(17)15-11-5-3-2-4-6-11/h7-8,11,14H,2-6H2,1H3,(H,15,17). The molecule has 17 heavy (non-hydrogen) atoms. The maximum atomic E-state index is 11.9. The van der Waals surface area contributed by atoms with Gasteiger partial charge < -0.3 is 10.3 Å². The second-order valence-corrected chi connectivity index (χ2v) is 4.67. The number of carbonyl (C=O) groups excluding carboxylic acids is 2. The molecule has 1 aliphatic carbocycles. The summed E-state index contributed by atoms with van der Waals surface area (Å²) in [5.74, 6) is -0.137. The molecule has 0 atom stereocenters. The van der Waals surface area contributed by atoms with E-state index >= 15 is 0 Å². The fourth-order valence-corrected chi connectivity index (χ4v) is 2.24. The van der Waals surface area contributed by atoms with Crippen molar-refractivity contribution in [3.05, 3.63) is 23.5 Å². The van der Waals surface area contributed by atoms with Gasteiger partial charge >= 0.3 is 0 Å². The third-order valence-corrected chi connectivity index (χ3v) is 3.27. The molecule has 1 heterocycles. The molecule has 4 nitrogen and oxygen atoms in total. The molecule has 0 bridgehead atoms. The smallest absolute Gasteiger partial charge is 0.267 e. The summed E-state index contributed by atoms with van der Waals surface area (Å²) in [6.45, 7) is 1.49. The number of ketones is 1. The van der Waals surface area contributed by atoms with Gasteiger partial charge in [0.25, 0.3) is 5.91 Å². The lowest BCUT2D eigenvalue weighted by Crippen LogP contribution is -2.36. The van der Waals surface area contributed by atoms with Crippen LogP contribution in [0.2, 0.25) is 0 Å². The first kappa shape index (κ1) is 11.9. The Hall–Kier alpha value is -1.58. The molecular formula is C13H18N2O2. The van der Waals surface area contributed by atoms with Crippen molar-refractivity contribution in [1.82, 2.24) is 10.3 Å². The highest BCUT2D eigenvalue weighted by atomic mass is 16.2. The van der Waals surface area contributed by atoms with Crippen LogP contribution in [-0.4, -0.2) is 22.7 Å². The molecule has 0 saturated heterocycles. The number of aromatic amines is 1. The molecule has 1 aromatic rings. The second-order valence-electron chi connectivity index (χ2n) is 4.67. The number of rotatable bonds is 3. The van der Waals surface area contributed by atoms with Crippen molar-refractivity contribution in [2.24, 2.45) is 0 Å². The topological polar surface area (TPSA) is 62.0 Å². The number of carbonyl (C=O) groups is 2. The maximum absolute atomic E-state index is 11.9. The number of nitrogens with one attached hydrogen (secondary N) is 2. The summed E-state index contributed by atoms with van der Waals surface area (Å²) in [5.41, 5.74) is 1.03. The van der Waals surface area contributed by atoms with Crippen molar-refractivity contribution in [2.75, 3.05) is 0 Å². The van der Waals surface area contributed by atoms with Crippen LogP contribution in [0.3, 0.4) is 0 Å². The number of hydrogen-bond donors (Lipinski definition) is 2. The molecule has 1 amide bonds. The van der Waals surface area contributed by atoms with Crippen molar-refractivity contribution in [2.45, 2.75) is 45.1 Å². The van der Waals surface area contributed by atoms with E-state index in [1.54, 1.807) is 12.3 Å². The van der Waals surface area contributed by atoms with Crippen LogP contribution >= 0.6 is 0 Å². The summed E-state index contributed by atoms with van der Waals surface area (Å²) in [6, 6.07) is 1.90. The van der Waals surface area contributed by atoms with Gasteiger partial charge in [-0.2, -0.15) is 0 Å². The highest BCUT2D eigenvalue weighted by molar-refractivity contribution is 5.99. The summed E-state index contributed by atoms with van der Waals surface area (Å²) in [7, 11) is 0. The molecule has 2 N–H and O–H groups in total. The molecule has 0 spiro atoms. The Morgan fingerprint density at radius 2 is 2.00 bits per heavy atom. The Morgan fingerprint density at radius 1 is 1.29 bits per heavy atom. The van der Waals surface area contributed by atoms with E-state index in [4.69, 9.17) is 0 Å². The normalized spacial score (nSPS) is 16.8. The third-order valence-electron chi connectivity index (χ3n) is 3.27. The predicted molar refractivity (Wildman–Crippen MR) is 65.1 cm³/mol. The number of amides is 1. The van der Waals surface area contributed by atoms with Crippen LogP contribution in [0.4, 0.5) is 0 Å². The van der Waals surface area contributed by atoms with Crippen LogP contribution in [0.1, 0.15) is 59.9 Å². The summed E-state index contributed by atoms with van der Waals surface area (Å²) in [5, 5.41) is 3.01. The van der Waals surface area contributed by atoms with Gasteiger partial charge in [0, 0.05) is 17.8 Å². The summed E-state index contributed by atoms with van der Waals surface area (Å²) >= 11 is 0. The van der Waals surface area contributed by atoms with Crippen molar-refractivity contribution in [3.8, 4) is 0 Å². The minimum atomic E-state index is -0.107. The molecule has 1 aromatic heterocycles. The predicted octanol–water partition coefficient (Wildman–Crippen LogP) is 2.28. The number of aromatic nitrogens is 1. The van der Waals surface area contributed by atoms with Crippen LogP contribution in [0.25, 0.3) is 0 Å². The number of H-pyrrole nitrogens is 1. The first-order valence-corrected chi connectivity index (χ1v) is 6.17. The molecule has 2 rings (SSSR count). The molecule has 0 aliphatic heterocycles. The lowest BCUT2D eigenvalue weighted by Gasteiger charge is -2.22. The van der Waals surface area contributed by atoms with Crippen LogP contribution in [-0.2, 0) is 0 Å². The van der Waals surface area contributed by atoms with Crippen molar-refractivity contribution in [1.29, 1.82) is 0 Å². The zero-order chi connectivity index (χ0) is 12.3. The van der Waals surface area contributed by atoms with Crippen molar-refractivity contribution < 1.29 is 9.59 Å². The van der Waals surface area contributed by atoms with Gasteiger partial charge in [0.2, 0.25) is 0 Å². The Morgan fingerprint density at radius 3 is 2.59 bits per heavy atom. The van der Waals surface area contributed by atoms with Gasteiger partial charge in [-0.1, -0.05) is 19.3 Å². The highest BCUT2D eigenvalue weighted by Gasteiger charge is 2.17. The zero-order valence-corrected chi connectivity index (χ0v) is 10.1. The molecule has 0 radical (unpaired) electrons. The van der Waals surface area contributed by atoms with Gasteiger partial charge in [0.1, 0.15) is 5.69 Å². The maximum Gasteiger partial charge on any atom is 0.267 e. The molecule has 1 saturated carbocycles. The Balaban J connectivity index is 1.96. The average molecular weight is 234 g/mol. The summed E-state index contributed by atoms with van der Waals surface area (Å²) in [4.78, 5) is 25.9. The summed E-state index contributed by atoms with van der Waals surface area (Å²) in [6.07, 6.45) is 7.35. The zero-order valence-electron chi connectivity index (χ0n) is 10.1. The molecule has 92 valence electrons. The van der Waals surface area contributed by atoms with E-state index < -0.39 is 0 Å². The Bertz CT molecular complexity index is 417. The Labute approximate surface area is 101 Å². The Kier molecular flexibility index (Phi) is 3.61. The quantitative estimate of drug-likeness (QED) is 0.788. The van der Waals surface area contributed by atoms with Crippen LogP contribution in [0, 0.1) is 0 Å². The van der Waals surface area contributed by atoms with Gasteiger partial charge in [-0.05, 0) is 25.8 Å². The first-order chi connectivity index (χ1) is 8.16. The van der Waals surface area contributed by atoms with Crippen molar-refractivity contribution in [3.63, 3.8) is 0 Å². The van der Waals surface area contributed by atoms with E-state index in [0.29, 0.717) is 17.3 Å². The van der Waals surface area contributed by atoms with E-state index in [1.165, 1.54) is 26.2 Å². The van der Waals surface area contributed by atoms with Crippen LogP contribution < -0.4 is 5.32 Å². The summed E-state index contributed by atoms with van der Waals surface area (Å²) < 4.78 is 0. The first-order valence-electron chi connectivity index (χ1n) is 6.17. The monoisotopic (exact) mass is 234 g/mol. The highest BCUT2D eigenvalue weighted by Crippen LogP contribution is 2.17. The second kappa shape index (κ2) is 5.17. The molecule has 1 fully saturated rings. The number of hydrogen-bond acceptors (Lipinski definition) is 2. The van der Waals surface area contributed by atoms with Gasteiger partial charge in [0.05, 0.1) is 0 Å². The van der Waals surface area contributed by atoms with E-state index in [1.807, 2.05) is 0 Å². The largest absolute Gasteiger partial charge is 0.356 e. The average Bonchev–Trinajstić information content (AvgIpc) is 2.79. The van der Waals surface area contributed by atoms with E-state index in [9.17, 15) is 9.59 Å². The van der Waals surface area contributed by atoms with Gasteiger partial charge in [0.15, 0.2) is 5.78 Å². The lowest BCUT2D eigenvalue weighted by molar-refractivity contribution is 0.0923. The van der Waals surface area contributed by atoms with Gasteiger partial charge in [-0.15, -0.1) is 0 Å². The van der Waals surface area contributed by atoms with Gasteiger partial charge in [-0.25, -0.2) is 0 Å². The fourth-order valence-electron chi connectivity index (χ4n) is 2.24. The minimum absolute atomic E-state index is 0.0297. The molecule has 0 unspecified atom stereocenters. The van der Waals surface area contributed by atoms with E-state index in [0.717, 1.165) is 12.8 Å². The minimum Gasteiger partial charge on any atom is -0.356 e. The molecule has 0 aromatic carbocycles. The van der Waals surface area contributed by atoms with Crippen LogP contribution in [0.15, 0.2) is 12.3 Å². The van der Waals surface area contributed by atoms with Crippen molar-refractivity contribution >= 4 is 11.7 Å². The fraction of sp³-hybridized carbons (Fsp3) is 0.538. The number of Topliss-reactive ketones (excluding diaryl/α,β-unsaturated/α-hetero) is 1. The van der Waals surface area contributed by atoms with E-state index in [2.05, 4.69) is 10.3 Å². The lowest BCUT2D eigenvalue weighted by atomic mass is 9.95. The molecule has 4 heteroatoms. The molecular weight excluding hydrogens is 216 g/mol.